The average Bonchev–Trinajstić information content (AvgIpc) is 3.46. The molecule has 2 aliphatic rings. The summed E-state index contributed by atoms with van der Waals surface area (Å²) in [5.74, 6) is -1.31. The van der Waals surface area contributed by atoms with E-state index in [2.05, 4.69) is 29.6 Å². The number of hydrogen-bond acceptors (Lipinski definition) is 4. The number of ether oxygens (including phenoxy) is 1. The molecule has 0 aromatic heterocycles. The number of nitrogens with one attached hydrogen (secondary N) is 1. The van der Waals surface area contributed by atoms with Crippen LogP contribution in [0.5, 0.6) is 0 Å². The number of aliphatic carboxylic acids is 1. The SMILES string of the molecule is CC(CNC(=O)OCC1c2ccccc2-c2ccccc21)CC(=O)N(CC(=O)O)C1CCCC1. The van der Waals surface area contributed by atoms with Gasteiger partial charge >= 0.3 is 12.1 Å². The number of rotatable bonds is 9. The Labute approximate surface area is 200 Å². The van der Waals surface area contributed by atoms with Gasteiger partial charge in [0, 0.05) is 24.9 Å². The number of carboxylic acid groups (broad SMARTS) is 1. The van der Waals surface area contributed by atoms with Crippen LogP contribution in [0.25, 0.3) is 11.1 Å². The molecule has 7 heteroatoms. The highest BCUT2D eigenvalue weighted by atomic mass is 16.5. The Morgan fingerprint density at radius 1 is 1.03 bits per heavy atom. The standard InChI is InChI=1S/C27H32N2O5/c1-18(14-25(30)29(16-26(31)32)19-8-2-3-9-19)15-28-27(33)34-17-24-22-12-6-4-10-20(22)21-11-5-7-13-23(21)24/h4-7,10-13,18-19,24H,2-3,8-9,14-17H2,1H3,(H,28,33)(H,31,32). The van der Waals surface area contributed by atoms with Gasteiger partial charge in [-0.25, -0.2) is 4.79 Å². The molecule has 2 aromatic rings. The molecule has 180 valence electrons. The monoisotopic (exact) mass is 464 g/mol. The van der Waals surface area contributed by atoms with Crippen molar-refractivity contribution in [1.82, 2.24) is 10.2 Å². The predicted octanol–water partition coefficient (Wildman–Crippen LogP) is 4.41. The summed E-state index contributed by atoms with van der Waals surface area (Å²) in [4.78, 5) is 37.9. The molecule has 1 saturated carbocycles. The summed E-state index contributed by atoms with van der Waals surface area (Å²) in [7, 11) is 0. The first-order valence-corrected chi connectivity index (χ1v) is 12.0. The van der Waals surface area contributed by atoms with Crippen LogP contribution in [0.4, 0.5) is 4.79 Å². The minimum absolute atomic E-state index is 0.00545. The van der Waals surface area contributed by atoms with Crippen molar-refractivity contribution in [1.29, 1.82) is 0 Å². The van der Waals surface area contributed by atoms with Gasteiger partial charge in [-0.1, -0.05) is 68.3 Å². The number of nitrogens with zero attached hydrogens (tertiary/aromatic N) is 1. The third-order valence-corrected chi connectivity index (χ3v) is 6.85. The zero-order valence-electron chi connectivity index (χ0n) is 19.5. The fraction of sp³-hybridized carbons (Fsp3) is 0.444. The Morgan fingerprint density at radius 3 is 2.21 bits per heavy atom. The van der Waals surface area contributed by atoms with Crippen LogP contribution >= 0.6 is 0 Å². The van der Waals surface area contributed by atoms with Gasteiger partial charge in [0.2, 0.25) is 5.91 Å². The van der Waals surface area contributed by atoms with Gasteiger partial charge in [0.15, 0.2) is 0 Å². The number of benzene rings is 2. The predicted molar refractivity (Wildman–Crippen MR) is 128 cm³/mol. The fourth-order valence-electron chi connectivity index (χ4n) is 5.18. The van der Waals surface area contributed by atoms with Crippen LogP contribution in [0.1, 0.15) is 56.1 Å². The highest BCUT2D eigenvalue weighted by Gasteiger charge is 2.30. The summed E-state index contributed by atoms with van der Waals surface area (Å²) in [5, 5.41) is 12.0. The molecule has 2 amide bonds. The maximum atomic E-state index is 12.8. The first-order valence-electron chi connectivity index (χ1n) is 12.0. The van der Waals surface area contributed by atoms with E-state index in [0.29, 0.717) is 0 Å². The summed E-state index contributed by atoms with van der Waals surface area (Å²) in [6, 6.07) is 16.3. The number of hydrogen-bond donors (Lipinski definition) is 2. The number of alkyl carbamates (subject to hydrolysis) is 1. The van der Waals surface area contributed by atoms with Gasteiger partial charge in [-0.3, -0.25) is 9.59 Å². The lowest BCUT2D eigenvalue weighted by atomic mass is 9.98. The van der Waals surface area contributed by atoms with E-state index in [1.807, 2.05) is 31.2 Å². The van der Waals surface area contributed by atoms with Crippen molar-refractivity contribution in [2.24, 2.45) is 5.92 Å². The maximum Gasteiger partial charge on any atom is 0.407 e. The Balaban J connectivity index is 1.27. The number of fused-ring (bicyclic) bond motifs is 3. The van der Waals surface area contributed by atoms with Gasteiger partial charge in [0.05, 0.1) is 0 Å². The lowest BCUT2D eigenvalue weighted by Gasteiger charge is -2.28. The summed E-state index contributed by atoms with van der Waals surface area (Å²) in [5.41, 5.74) is 4.65. The minimum atomic E-state index is -0.996. The molecule has 1 atom stereocenters. The van der Waals surface area contributed by atoms with Crippen molar-refractivity contribution in [3.05, 3.63) is 59.7 Å². The van der Waals surface area contributed by atoms with Crippen molar-refractivity contribution in [2.75, 3.05) is 19.7 Å². The van der Waals surface area contributed by atoms with Crippen LogP contribution in [0, 0.1) is 5.92 Å². The topological polar surface area (TPSA) is 95.9 Å². The fourth-order valence-corrected chi connectivity index (χ4v) is 5.18. The molecular formula is C27H32N2O5. The van der Waals surface area contributed by atoms with Gasteiger partial charge < -0.3 is 20.1 Å². The number of amides is 2. The second-order valence-corrected chi connectivity index (χ2v) is 9.37. The first kappa shape index (κ1) is 23.8. The normalized spacial score (nSPS) is 15.9. The molecule has 1 unspecified atom stereocenters. The van der Waals surface area contributed by atoms with Crippen molar-refractivity contribution in [3.63, 3.8) is 0 Å². The van der Waals surface area contributed by atoms with Crippen LogP contribution in [-0.2, 0) is 14.3 Å². The largest absolute Gasteiger partial charge is 0.480 e. The molecule has 0 heterocycles. The smallest absolute Gasteiger partial charge is 0.407 e. The number of carboxylic acids is 1. The van der Waals surface area contributed by atoms with Crippen molar-refractivity contribution < 1.29 is 24.2 Å². The van der Waals surface area contributed by atoms with E-state index in [1.54, 1.807) is 0 Å². The van der Waals surface area contributed by atoms with Crippen LogP contribution in [0.2, 0.25) is 0 Å². The molecule has 0 bridgehead atoms. The van der Waals surface area contributed by atoms with Gasteiger partial charge in [0.1, 0.15) is 13.2 Å². The second-order valence-electron chi connectivity index (χ2n) is 9.37. The molecule has 4 rings (SSSR count). The average molecular weight is 465 g/mol. The van der Waals surface area contributed by atoms with E-state index in [4.69, 9.17) is 4.74 Å². The third kappa shape index (κ3) is 5.41. The Bertz CT molecular complexity index is 1000. The molecule has 2 N–H and O–H groups in total. The number of carbonyl (C=O) groups excluding carboxylic acids is 2. The van der Waals surface area contributed by atoms with Gasteiger partial charge in [-0.15, -0.1) is 0 Å². The minimum Gasteiger partial charge on any atom is -0.480 e. The lowest BCUT2D eigenvalue weighted by molar-refractivity contribution is -0.146. The molecule has 34 heavy (non-hydrogen) atoms. The lowest BCUT2D eigenvalue weighted by Crippen LogP contribution is -2.43. The molecule has 2 aromatic carbocycles. The zero-order chi connectivity index (χ0) is 24.1. The van der Waals surface area contributed by atoms with E-state index in [-0.39, 0.29) is 49.9 Å². The molecule has 0 radical (unpaired) electrons. The van der Waals surface area contributed by atoms with E-state index >= 15 is 0 Å². The Hall–Kier alpha value is -3.35. The quantitative estimate of drug-likeness (QED) is 0.573. The Morgan fingerprint density at radius 2 is 1.62 bits per heavy atom. The second kappa shape index (κ2) is 10.7. The first-order chi connectivity index (χ1) is 16.4. The van der Waals surface area contributed by atoms with E-state index in [9.17, 15) is 19.5 Å². The summed E-state index contributed by atoms with van der Waals surface area (Å²) < 4.78 is 5.55. The molecule has 0 aliphatic heterocycles. The van der Waals surface area contributed by atoms with Gasteiger partial charge in [0.25, 0.3) is 0 Å². The highest BCUT2D eigenvalue weighted by molar-refractivity contribution is 5.82. The van der Waals surface area contributed by atoms with Crippen LogP contribution in [-0.4, -0.2) is 53.7 Å². The zero-order valence-corrected chi connectivity index (χ0v) is 19.5. The molecular weight excluding hydrogens is 432 g/mol. The van der Waals surface area contributed by atoms with Crippen molar-refractivity contribution >= 4 is 18.0 Å². The summed E-state index contributed by atoms with van der Waals surface area (Å²) in [6.45, 7) is 2.13. The molecule has 7 nitrogen and oxygen atoms in total. The van der Waals surface area contributed by atoms with Gasteiger partial charge in [-0.2, -0.15) is 0 Å². The van der Waals surface area contributed by atoms with E-state index in [0.717, 1.165) is 36.8 Å². The molecule has 0 spiro atoms. The number of carbonyl (C=O) groups is 3. The maximum absolute atomic E-state index is 12.8. The van der Waals surface area contributed by atoms with E-state index < -0.39 is 12.1 Å². The molecule has 2 aliphatic carbocycles. The van der Waals surface area contributed by atoms with Crippen LogP contribution in [0.3, 0.4) is 0 Å². The van der Waals surface area contributed by atoms with Gasteiger partial charge in [-0.05, 0) is 41.0 Å². The molecule has 1 fully saturated rings. The van der Waals surface area contributed by atoms with Crippen LogP contribution < -0.4 is 5.32 Å². The van der Waals surface area contributed by atoms with E-state index in [1.165, 1.54) is 16.0 Å². The highest BCUT2D eigenvalue weighted by Crippen LogP contribution is 2.44. The molecule has 0 saturated heterocycles. The van der Waals surface area contributed by atoms with Crippen molar-refractivity contribution in [2.45, 2.75) is 51.0 Å². The van der Waals surface area contributed by atoms with Crippen molar-refractivity contribution in [3.8, 4) is 11.1 Å². The Kier molecular flexibility index (Phi) is 7.50. The third-order valence-electron chi connectivity index (χ3n) is 6.85. The summed E-state index contributed by atoms with van der Waals surface area (Å²) >= 11 is 0. The summed E-state index contributed by atoms with van der Waals surface area (Å²) in [6.07, 6.45) is 3.42. The van der Waals surface area contributed by atoms with Crippen LogP contribution in [0.15, 0.2) is 48.5 Å².